The van der Waals surface area contributed by atoms with Crippen LogP contribution in [0.4, 0.5) is 0 Å². The summed E-state index contributed by atoms with van der Waals surface area (Å²) < 4.78 is 0. The van der Waals surface area contributed by atoms with E-state index in [4.69, 9.17) is 11.6 Å². The summed E-state index contributed by atoms with van der Waals surface area (Å²) in [6.45, 7) is 8.64. The lowest BCUT2D eigenvalue weighted by Crippen LogP contribution is -2.49. The van der Waals surface area contributed by atoms with E-state index >= 15 is 0 Å². The Labute approximate surface area is 103 Å². The summed E-state index contributed by atoms with van der Waals surface area (Å²) in [5, 5.41) is 0. The van der Waals surface area contributed by atoms with Crippen LogP contribution in [0.1, 0.15) is 27.7 Å². The van der Waals surface area contributed by atoms with E-state index in [9.17, 15) is 9.59 Å². The molecule has 0 bridgehead atoms. The second kappa shape index (κ2) is 7.24. The van der Waals surface area contributed by atoms with Crippen molar-refractivity contribution in [1.82, 2.24) is 10.3 Å². The molecule has 0 rings (SSSR count). The molecule has 2 unspecified atom stereocenters. The van der Waals surface area contributed by atoms with Gasteiger partial charge in [-0.2, -0.15) is 0 Å². The van der Waals surface area contributed by atoms with Crippen molar-refractivity contribution in [2.45, 2.75) is 33.7 Å². The van der Waals surface area contributed by atoms with Gasteiger partial charge < -0.3 is 5.73 Å². The molecule has 2 atom stereocenters. The lowest BCUT2D eigenvalue weighted by molar-refractivity contribution is -0.128. The average Bonchev–Trinajstić information content (AvgIpc) is 2.23. The van der Waals surface area contributed by atoms with Gasteiger partial charge in [0.15, 0.2) is 0 Å². The van der Waals surface area contributed by atoms with Crippen LogP contribution in [0.2, 0.25) is 0 Å². The van der Waals surface area contributed by atoms with Crippen LogP contribution in [0.15, 0.2) is 0 Å². The van der Waals surface area contributed by atoms with E-state index in [0.717, 1.165) is 0 Å². The number of hydrazine groups is 1. The largest absolute Gasteiger partial charge is 0.369 e. The predicted octanol–water partition coefficient (Wildman–Crippen LogP) is -0.556. The zero-order valence-electron chi connectivity index (χ0n) is 11.1. The van der Waals surface area contributed by atoms with Crippen molar-refractivity contribution in [2.24, 2.45) is 23.4 Å². The van der Waals surface area contributed by atoms with Gasteiger partial charge in [0, 0.05) is 12.6 Å². The topological polar surface area (TPSA) is 101 Å². The summed E-state index contributed by atoms with van der Waals surface area (Å²) in [7, 11) is 0. The predicted molar refractivity (Wildman–Crippen MR) is 66.6 cm³/mol. The molecule has 0 radical (unpaired) electrons. The Kier molecular flexibility index (Phi) is 6.75. The minimum absolute atomic E-state index is 0.0894. The first-order chi connectivity index (χ1) is 7.79. The van der Waals surface area contributed by atoms with Crippen LogP contribution in [0.3, 0.4) is 0 Å². The number of rotatable bonds is 7. The molecule has 6 heteroatoms. The molecule has 0 aromatic carbocycles. The molecule has 17 heavy (non-hydrogen) atoms. The summed E-state index contributed by atoms with van der Waals surface area (Å²) in [5.41, 5.74) is 7.34. The SMILES string of the molecule is CC(C)CN(CC(N)=O)C(C)C(C)C(=O)NN. The lowest BCUT2D eigenvalue weighted by atomic mass is 10.00. The summed E-state index contributed by atoms with van der Waals surface area (Å²) in [6, 6.07) is -0.0894. The number of primary amides is 1. The second-order valence-electron chi connectivity index (χ2n) is 4.83. The zero-order valence-corrected chi connectivity index (χ0v) is 11.1. The van der Waals surface area contributed by atoms with Gasteiger partial charge in [-0.05, 0) is 12.8 Å². The van der Waals surface area contributed by atoms with E-state index in [1.165, 1.54) is 0 Å². The van der Waals surface area contributed by atoms with E-state index in [1.807, 2.05) is 25.7 Å². The fourth-order valence-electron chi connectivity index (χ4n) is 1.71. The Morgan fingerprint density at radius 3 is 2.12 bits per heavy atom. The fourth-order valence-corrected chi connectivity index (χ4v) is 1.71. The maximum atomic E-state index is 11.5. The van der Waals surface area contributed by atoms with E-state index in [-0.39, 0.29) is 24.4 Å². The van der Waals surface area contributed by atoms with Crippen LogP contribution in [-0.2, 0) is 9.59 Å². The summed E-state index contributed by atoms with van der Waals surface area (Å²) in [5.74, 6) is 4.57. The number of nitrogens with two attached hydrogens (primary N) is 2. The van der Waals surface area contributed by atoms with Gasteiger partial charge in [-0.3, -0.25) is 19.9 Å². The number of nitrogens with one attached hydrogen (secondary N) is 1. The van der Waals surface area contributed by atoms with Crippen LogP contribution >= 0.6 is 0 Å². The van der Waals surface area contributed by atoms with Crippen molar-refractivity contribution in [1.29, 1.82) is 0 Å². The normalized spacial score (nSPS) is 14.8. The molecule has 0 aliphatic heterocycles. The fraction of sp³-hybridized carbons (Fsp3) is 0.818. The van der Waals surface area contributed by atoms with Gasteiger partial charge in [0.25, 0.3) is 0 Å². The smallest absolute Gasteiger partial charge is 0.238 e. The third kappa shape index (κ3) is 5.65. The van der Waals surface area contributed by atoms with Crippen molar-refractivity contribution in [3.63, 3.8) is 0 Å². The van der Waals surface area contributed by atoms with Crippen LogP contribution in [0.5, 0.6) is 0 Å². The quantitative estimate of drug-likeness (QED) is 0.317. The standard InChI is InChI=1S/C11H24N4O2/c1-7(2)5-15(6-10(12)16)9(4)8(3)11(17)14-13/h7-9H,5-6,13H2,1-4H3,(H2,12,16)(H,14,17). The van der Waals surface area contributed by atoms with Gasteiger partial charge in [0.05, 0.1) is 12.5 Å². The highest BCUT2D eigenvalue weighted by Gasteiger charge is 2.26. The van der Waals surface area contributed by atoms with Crippen molar-refractivity contribution in [3.8, 4) is 0 Å². The Morgan fingerprint density at radius 1 is 1.24 bits per heavy atom. The number of hydrogen-bond acceptors (Lipinski definition) is 4. The Morgan fingerprint density at radius 2 is 1.76 bits per heavy atom. The van der Waals surface area contributed by atoms with E-state index < -0.39 is 5.91 Å². The summed E-state index contributed by atoms with van der Waals surface area (Å²) in [6.07, 6.45) is 0. The molecule has 0 aromatic heterocycles. The van der Waals surface area contributed by atoms with Gasteiger partial charge in [-0.1, -0.05) is 20.8 Å². The molecule has 0 spiro atoms. The molecule has 0 saturated heterocycles. The Bertz CT molecular complexity index is 268. The third-order valence-corrected chi connectivity index (χ3v) is 2.81. The van der Waals surface area contributed by atoms with E-state index in [2.05, 4.69) is 5.43 Å². The highest BCUT2D eigenvalue weighted by Crippen LogP contribution is 2.12. The molecular weight excluding hydrogens is 220 g/mol. The van der Waals surface area contributed by atoms with Crippen LogP contribution < -0.4 is 17.0 Å². The highest BCUT2D eigenvalue weighted by molar-refractivity contribution is 5.79. The van der Waals surface area contributed by atoms with Crippen molar-refractivity contribution < 1.29 is 9.59 Å². The molecular formula is C11H24N4O2. The molecule has 0 aliphatic carbocycles. The maximum absolute atomic E-state index is 11.5. The van der Waals surface area contributed by atoms with Gasteiger partial charge in [-0.25, -0.2) is 5.84 Å². The molecule has 0 fully saturated rings. The molecule has 6 nitrogen and oxygen atoms in total. The third-order valence-electron chi connectivity index (χ3n) is 2.81. The number of carbonyl (C=O) groups excluding carboxylic acids is 2. The Balaban J connectivity index is 4.66. The summed E-state index contributed by atoms with van der Waals surface area (Å²) >= 11 is 0. The lowest BCUT2D eigenvalue weighted by Gasteiger charge is -2.32. The maximum Gasteiger partial charge on any atom is 0.238 e. The van der Waals surface area contributed by atoms with Gasteiger partial charge in [-0.15, -0.1) is 0 Å². The monoisotopic (exact) mass is 244 g/mol. The molecule has 0 saturated carbocycles. The molecule has 0 heterocycles. The zero-order chi connectivity index (χ0) is 13.6. The number of carbonyl (C=O) groups is 2. The molecule has 100 valence electrons. The minimum Gasteiger partial charge on any atom is -0.369 e. The van der Waals surface area contributed by atoms with Crippen LogP contribution in [0.25, 0.3) is 0 Å². The van der Waals surface area contributed by atoms with Gasteiger partial charge >= 0.3 is 0 Å². The van der Waals surface area contributed by atoms with E-state index in [0.29, 0.717) is 12.5 Å². The van der Waals surface area contributed by atoms with E-state index in [1.54, 1.807) is 6.92 Å². The average molecular weight is 244 g/mol. The van der Waals surface area contributed by atoms with Crippen LogP contribution in [-0.4, -0.2) is 35.8 Å². The molecule has 5 N–H and O–H groups in total. The minimum atomic E-state index is -0.391. The van der Waals surface area contributed by atoms with Gasteiger partial charge in [0.2, 0.25) is 11.8 Å². The molecule has 0 aromatic rings. The first-order valence-electron chi connectivity index (χ1n) is 5.82. The summed E-state index contributed by atoms with van der Waals surface area (Å²) in [4.78, 5) is 24.4. The molecule has 0 aliphatic rings. The highest BCUT2D eigenvalue weighted by atomic mass is 16.2. The number of hydrogen-bond donors (Lipinski definition) is 3. The number of amides is 2. The van der Waals surface area contributed by atoms with Crippen LogP contribution in [0, 0.1) is 11.8 Å². The van der Waals surface area contributed by atoms with Gasteiger partial charge in [0.1, 0.15) is 0 Å². The first-order valence-corrected chi connectivity index (χ1v) is 5.82. The number of nitrogens with zero attached hydrogens (tertiary/aromatic N) is 1. The Hall–Kier alpha value is -1.14. The molecule has 2 amide bonds. The second-order valence-corrected chi connectivity index (χ2v) is 4.83. The van der Waals surface area contributed by atoms with Crippen molar-refractivity contribution >= 4 is 11.8 Å². The van der Waals surface area contributed by atoms with Crippen molar-refractivity contribution in [2.75, 3.05) is 13.1 Å². The van der Waals surface area contributed by atoms with Crippen molar-refractivity contribution in [3.05, 3.63) is 0 Å². The first kappa shape index (κ1) is 15.9.